The molecule has 6 heteroatoms. The number of aromatic amines is 1. The second-order valence-electron chi connectivity index (χ2n) is 4.36. The van der Waals surface area contributed by atoms with E-state index in [-0.39, 0.29) is 17.0 Å². The topological polar surface area (TPSA) is 28.7 Å². The van der Waals surface area contributed by atoms with Gasteiger partial charge in [0.05, 0.1) is 5.56 Å². The van der Waals surface area contributed by atoms with Crippen molar-refractivity contribution in [1.29, 1.82) is 0 Å². The highest BCUT2D eigenvalue weighted by atomic mass is 79.9. The van der Waals surface area contributed by atoms with Crippen LogP contribution in [0.1, 0.15) is 0 Å². The van der Waals surface area contributed by atoms with E-state index < -0.39 is 17.5 Å². The number of hydrogen-bond donors (Lipinski definition) is 1. The van der Waals surface area contributed by atoms with Gasteiger partial charge >= 0.3 is 0 Å². The van der Waals surface area contributed by atoms with Crippen molar-refractivity contribution in [3.8, 4) is 22.5 Å². The van der Waals surface area contributed by atoms with E-state index in [0.717, 1.165) is 0 Å². The smallest absolute Gasteiger partial charge is 0.176 e. The zero-order chi connectivity index (χ0) is 15.0. The number of halogens is 4. The van der Waals surface area contributed by atoms with Gasteiger partial charge in [0, 0.05) is 10.0 Å². The summed E-state index contributed by atoms with van der Waals surface area (Å²) in [5.74, 6) is -1.68. The molecule has 106 valence electrons. The van der Waals surface area contributed by atoms with E-state index in [2.05, 4.69) is 26.1 Å². The third-order valence-corrected chi connectivity index (χ3v) is 3.70. The Labute approximate surface area is 126 Å². The molecule has 2 nitrogen and oxygen atoms in total. The second-order valence-corrected chi connectivity index (χ2v) is 5.22. The first-order chi connectivity index (χ1) is 10.1. The Hall–Kier alpha value is -2.08. The molecule has 2 aromatic carbocycles. The summed E-state index contributed by atoms with van der Waals surface area (Å²) in [7, 11) is 0. The van der Waals surface area contributed by atoms with Crippen LogP contribution < -0.4 is 0 Å². The highest BCUT2D eigenvalue weighted by molar-refractivity contribution is 9.10. The summed E-state index contributed by atoms with van der Waals surface area (Å²) in [6, 6.07) is 9.60. The summed E-state index contributed by atoms with van der Waals surface area (Å²) >= 11 is 3.19. The van der Waals surface area contributed by atoms with E-state index in [1.165, 1.54) is 36.4 Å². The average Bonchev–Trinajstić information content (AvgIpc) is 2.82. The lowest BCUT2D eigenvalue weighted by Crippen LogP contribution is -1.89. The first-order valence-corrected chi connectivity index (χ1v) is 6.81. The van der Waals surface area contributed by atoms with Crippen LogP contribution in [0.4, 0.5) is 13.2 Å². The molecular formula is C15H8BrF3N2. The van der Waals surface area contributed by atoms with Crippen molar-refractivity contribution in [2.45, 2.75) is 0 Å². The van der Waals surface area contributed by atoms with Gasteiger partial charge in [-0.1, -0.05) is 6.07 Å². The highest BCUT2D eigenvalue weighted by Gasteiger charge is 2.20. The molecule has 21 heavy (non-hydrogen) atoms. The summed E-state index contributed by atoms with van der Waals surface area (Å²) in [5.41, 5.74) is 0.430. The zero-order valence-electron chi connectivity index (χ0n) is 10.5. The van der Waals surface area contributed by atoms with Crippen molar-refractivity contribution in [3.05, 3.63) is 64.4 Å². The van der Waals surface area contributed by atoms with Crippen LogP contribution in [-0.2, 0) is 0 Å². The minimum atomic E-state index is -0.688. The van der Waals surface area contributed by atoms with Crippen LogP contribution in [0, 0.1) is 17.5 Å². The maximum atomic E-state index is 14.5. The molecular weight excluding hydrogens is 345 g/mol. The van der Waals surface area contributed by atoms with E-state index in [9.17, 15) is 13.2 Å². The summed E-state index contributed by atoms with van der Waals surface area (Å²) in [5, 5.41) is 6.36. The molecule has 0 saturated heterocycles. The van der Waals surface area contributed by atoms with Gasteiger partial charge in [-0.2, -0.15) is 5.10 Å². The monoisotopic (exact) mass is 352 g/mol. The molecule has 0 aliphatic heterocycles. The van der Waals surface area contributed by atoms with E-state index in [1.54, 1.807) is 6.07 Å². The van der Waals surface area contributed by atoms with Crippen molar-refractivity contribution in [2.24, 2.45) is 0 Å². The predicted octanol–water partition coefficient (Wildman–Crippen LogP) is 4.92. The van der Waals surface area contributed by atoms with Gasteiger partial charge in [0.1, 0.15) is 23.0 Å². The molecule has 0 atom stereocenters. The first-order valence-electron chi connectivity index (χ1n) is 6.02. The molecule has 0 aliphatic carbocycles. The van der Waals surface area contributed by atoms with Gasteiger partial charge < -0.3 is 0 Å². The number of nitrogens with zero attached hydrogens (tertiary/aromatic N) is 1. The Morgan fingerprint density at radius 2 is 1.67 bits per heavy atom. The fourth-order valence-corrected chi connectivity index (χ4v) is 2.57. The first kappa shape index (κ1) is 13.9. The molecule has 1 N–H and O–H groups in total. The Balaban J connectivity index is 2.14. The molecule has 0 radical (unpaired) electrons. The Morgan fingerprint density at radius 3 is 2.33 bits per heavy atom. The number of nitrogens with one attached hydrogen (secondary N) is 1. The van der Waals surface area contributed by atoms with Gasteiger partial charge in [-0.3, -0.25) is 5.10 Å². The van der Waals surface area contributed by atoms with Crippen LogP contribution in [-0.4, -0.2) is 10.2 Å². The number of rotatable bonds is 2. The van der Waals surface area contributed by atoms with Crippen LogP contribution in [0.3, 0.4) is 0 Å². The number of hydrogen-bond acceptors (Lipinski definition) is 1. The van der Waals surface area contributed by atoms with Gasteiger partial charge in [-0.05, 0) is 52.3 Å². The zero-order valence-corrected chi connectivity index (χ0v) is 12.1. The molecule has 1 heterocycles. The molecule has 3 aromatic rings. The third kappa shape index (κ3) is 2.47. The number of benzene rings is 2. The van der Waals surface area contributed by atoms with Gasteiger partial charge in [-0.25, -0.2) is 13.2 Å². The average molecular weight is 353 g/mol. The predicted molar refractivity (Wildman–Crippen MR) is 77.0 cm³/mol. The van der Waals surface area contributed by atoms with Crippen molar-refractivity contribution in [1.82, 2.24) is 10.2 Å². The quantitative estimate of drug-likeness (QED) is 0.696. The fraction of sp³-hybridized carbons (Fsp3) is 0. The molecule has 0 amide bonds. The SMILES string of the molecule is Fc1ccc(-c2n[nH]c(-c3c(F)cccc3Br)c2F)cc1. The van der Waals surface area contributed by atoms with Crippen LogP contribution in [0.2, 0.25) is 0 Å². The highest BCUT2D eigenvalue weighted by Crippen LogP contribution is 2.34. The molecule has 3 rings (SSSR count). The normalized spacial score (nSPS) is 10.9. The summed E-state index contributed by atoms with van der Waals surface area (Å²) in [6.45, 7) is 0. The van der Waals surface area contributed by atoms with E-state index in [0.29, 0.717) is 10.0 Å². The second kappa shape index (κ2) is 5.37. The lowest BCUT2D eigenvalue weighted by Gasteiger charge is -2.03. The van der Waals surface area contributed by atoms with E-state index >= 15 is 0 Å². The molecule has 0 saturated carbocycles. The number of H-pyrrole nitrogens is 1. The van der Waals surface area contributed by atoms with Crippen LogP contribution >= 0.6 is 15.9 Å². The van der Waals surface area contributed by atoms with E-state index in [1.807, 2.05) is 0 Å². The third-order valence-electron chi connectivity index (χ3n) is 3.04. The van der Waals surface area contributed by atoms with Crippen molar-refractivity contribution < 1.29 is 13.2 Å². The fourth-order valence-electron chi connectivity index (χ4n) is 2.03. The standard InChI is InChI=1S/C15H8BrF3N2/c16-10-2-1-3-11(18)12(10)15-13(19)14(20-21-15)8-4-6-9(17)7-5-8/h1-7H,(H,20,21). The van der Waals surface area contributed by atoms with Gasteiger partial charge in [0.15, 0.2) is 5.82 Å². The van der Waals surface area contributed by atoms with Gasteiger partial charge in [-0.15, -0.1) is 0 Å². The minimum absolute atomic E-state index is 0.0140. The number of aromatic nitrogens is 2. The van der Waals surface area contributed by atoms with Crippen molar-refractivity contribution in [3.63, 3.8) is 0 Å². The molecule has 0 bridgehead atoms. The molecule has 1 aromatic heterocycles. The molecule has 0 unspecified atom stereocenters. The van der Waals surface area contributed by atoms with Crippen molar-refractivity contribution in [2.75, 3.05) is 0 Å². The maximum Gasteiger partial charge on any atom is 0.176 e. The summed E-state index contributed by atoms with van der Waals surface area (Å²) in [4.78, 5) is 0. The minimum Gasteiger partial charge on any atom is -0.274 e. The molecule has 0 aliphatic rings. The van der Waals surface area contributed by atoms with E-state index in [4.69, 9.17) is 0 Å². The molecule has 0 fully saturated rings. The van der Waals surface area contributed by atoms with Crippen molar-refractivity contribution >= 4 is 15.9 Å². The molecule has 0 spiro atoms. The summed E-state index contributed by atoms with van der Waals surface area (Å²) in [6.07, 6.45) is 0. The lowest BCUT2D eigenvalue weighted by atomic mass is 10.1. The Morgan fingerprint density at radius 1 is 0.952 bits per heavy atom. The van der Waals surface area contributed by atoms with Gasteiger partial charge in [0.25, 0.3) is 0 Å². The Bertz CT molecular complexity index is 777. The largest absolute Gasteiger partial charge is 0.274 e. The summed E-state index contributed by atoms with van der Waals surface area (Å²) < 4.78 is 41.7. The van der Waals surface area contributed by atoms with Crippen LogP contribution in [0.5, 0.6) is 0 Å². The maximum absolute atomic E-state index is 14.5. The Kier molecular flexibility index (Phi) is 3.55. The lowest BCUT2D eigenvalue weighted by molar-refractivity contribution is 0.617. The van der Waals surface area contributed by atoms with Crippen LogP contribution in [0.25, 0.3) is 22.5 Å². The van der Waals surface area contributed by atoms with Gasteiger partial charge in [0.2, 0.25) is 0 Å². The van der Waals surface area contributed by atoms with Crippen LogP contribution in [0.15, 0.2) is 46.9 Å².